The molecular formula is C18H17N3O3S. The quantitative estimate of drug-likeness (QED) is 0.855. The number of hydrogen-bond acceptors (Lipinski definition) is 6. The van der Waals surface area contributed by atoms with Crippen molar-refractivity contribution in [2.45, 2.75) is 6.92 Å². The van der Waals surface area contributed by atoms with Gasteiger partial charge in [-0.2, -0.15) is 0 Å². The van der Waals surface area contributed by atoms with Gasteiger partial charge in [0, 0.05) is 12.7 Å². The molecule has 1 aromatic heterocycles. The van der Waals surface area contributed by atoms with Gasteiger partial charge in [-0.15, -0.1) is 0 Å². The Morgan fingerprint density at radius 2 is 2.12 bits per heavy atom. The number of methoxy groups -OCH3 is 1. The second-order valence-electron chi connectivity index (χ2n) is 5.44. The Labute approximate surface area is 149 Å². The number of carbonyl (C=O) groups excluding carboxylic acids is 1. The summed E-state index contributed by atoms with van der Waals surface area (Å²) in [7, 11) is 3.16. The molecule has 1 aliphatic heterocycles. The van der Waals surface area contributed by atoms with Gasteiger partial charge >= 0.3 is 0 Å². The molecule has 0 aliphatic carbocycles. The van der Waals surface area contributed by atoms with Gasteiger partial charge in [0.1, 0.15) is 0 Å². The van der Waals surface area contributed by atoms with Gasteiger partial charge < -0.3 is 9.84 Å². The molecule has 1 N–H and O–H groups in total. The van der Waals surface area contributed by atoms with Crippen LogP contribution in [0.1, 0.15) is 11.3 Å². The summed E-state index contributed by atoms with van der Waals surface area (Å²) in [5.74, 6) is 0.842. The fraction of sp³-hybridized carbons (Fsp3) is 0.167. The van der Waals surface area contributed by atoms with E-state index < -0.39 is 0 Å². The molecule has 1 amide bonds. The van der Waals surface area contributed by atoms with Gasteiger partial charge in [-0.1, -0.05) is 12.1 Å². The van der Waals surface area contributed by atoms with E-state index in [0.717, 1.165) is 11.3 Å². The number of thioether (sulfide) groups is 1. The number of phenols is 1. The van der Waals surface area contributed by atoms with Crippen LogP contribution in [0.3, 0.4) is 0 Å². The summed E-state index contributed by atoms with van der Waals surface area (Å²) in [4.78, 5) is 23.3. The number of ether oxygens (including phenoxy) is 1. The molecular weight excluding hydrogens is 338 g/mol. The van der Waals surface area contributed by atoms with E-state index in [4.69, 9.17) is 4.74 Å². The molecule has 25 heavy (non-hydrogen) atoms. The van der Waals surface area contributed by atoms with Crippen LogP contribution in [0.15, 0.2) is 46.3 Å². The molecule has 3 rings (SSSR count). The summed E-state index contributed by atoms with van der Waals surface area (Å²) in [5.41, 5.74) is 1.62. The van der Waals surface area contributed by atoms with Crippen LogP contribution in [-0.2, 0) is 4.79 Å². The van der Waals surface area contributed by atoms with Gasteiger partial charge in [-0.25, -0.2) is 9.98 Å². The maximum Gasteiger partial charge on any atom is 0.266 e. The molecule has 0 spiro atoms. The fourth-order valence-electron chi connectivity index (χ4n) is 2.28. The lowest BCUT2D eigenvalue weighted by Gasteiger charge is -2.07. The molecule has 1 fully saturated rings. The van der Waals surface area contributed by atoms with Gasteiger partial charge in [0.15, 0.2) is 22.5 Å². The second-order valence-corrected chi connectivity index (χ2v) is 6.45. The van der Waals surface area contributed by atoms with Crippen molar-refractivity contribution in [3.8, 4) is 11.5 Å². The highest BCUT2D eigenvalue weighted by molar-refractivity contribution is 8.18. The monoisotopic (exact) mass is 355 g/mol. The molecule has 6 nitrogen and oxygen atoms in total. The lowest BCUT2D eigenvalue weighted by molar-refractivity contribution is -0.121. The molecule has 1 saturated heterocycles. The Hall–Kier alpha value is -2.80. The van der Waals surface area contributed by atoms with Crippen LogP contribution in [0.4, 0.5) is 5.82 Å². The first-order valence-corrected chi connectivity index (χ1v) is 8.36. The van der Waals surface area contributed by atoms with Crippen molar-refractivity contribution in [2.24, 2.45) is 4.99 Å². The van der Waals surface area contributed by atoms with Crippen LogP contribution >= 0.6 is 11.8 Å². The number of phenolic OH excluding ortho intramolecular Hbond substituents is 1. The SMILES string of the molecule is COc1cc(/C=C2\S/C(=N/c3cccc(C)n3)N(C)C2=O)ccc1O. The van der Waals surface area contributed by atoms with Gasteiger partial charge in [0.2, 0.25) is 0 Å². The fourth-order valence-corrected chi connectivity index (χ4v) is 3.25. The van der Waals surface area contributed by atoms with Gasteiger partial charge in [-0.05, 0) is 54.6 Å². The van der Waals surface area contributed by atoms with Crippen molar-refractivity contribution >= 4 is 34.7 Å². The van der Waals surface area contributed by atoms with Gasteiger partial charge in [0.05, 0.1) is 12.0 Å². The third kappa shape index (κ3) is 3.66. The zero-order valence-electron chi connectivity index (χ0n) is 14.1. The number of pyridine rings is 1. The summed E-state index contributed by atoms with van der Waals surface area (Å²) in [6.45, 7) is 1.89. The van der Waals surface area contributed by atoms with Crippen LogP contribution in [0.2, 0.25) is 0 Å². The number of aromatic nitrogens is 1. The summed E-state index contributed by atoms with van der Waals surface area (Å²) < 4.78 is 5.10. The number of rotatable bonds is 3. The molecule has 0 atom stereocenters. The lowest BCUT2D eigenvalue weighted by atomic mass is 10.2. The van der Waals surface area contributed by atoms with E-state index in [9.17, 15) is 9.90 Å². The maximum atomic E-state index is 12.5. The molecule has 0 saturated carbocycles. The molecule has 0 bridgehead atoms. The third-order valence-electron chi connectivity index (χ3n) is 3.59. The van der Waals surface area contributed by atoms with Gasteiger partial charge in [-0.3, -0.25) is 9.69 Å². The number of amidine groups is 1. The van der Waals surface area contributed by atoms with Crippen LogP contribution in [0.5, 0.6) is 11.5 Å². The second kappa shape index (κ2) is 6.98. The number of benzene rings is 1. The van der Waals surface area contributed by atoms with Crippen molar-refractivity contribution in [3.63, 3.8) is 0 Å². The molecule has 2 heterocycles. The Morgan fingerprint density at radius 1 is 1.32 bits per heavy atom. The van der Waals surface area contributed by atoms with Crippen molar-refractivity contribution in [2.75, 3.05) is 14.2 Å². The molecule has 0 unspecified atom stereocenters. The Kier molecular flexibility index (Phi) is 4.76. The summed E-state index contributed by atoms with van der Waals surface area (Å²) in [5, 5.41) is 10.2. The van der Waals surface area contributed by atoms with E-state index in [2.05, 4.69) is 9.98 Å². The van der Waals surface area contributed by atoms with E-state index in [-0.39, 0.29) is 11.7 Å². The standard InChI is InChI=1S/C18H17N3O3S/c1-11-5-4-6-16(19-11)20-18-21(2)17(23)15(25-18)10-12-7-8-13(22)14(9-12)24-3/h4-10,22H,1-3H3/b15-10-,20-18+. The molecule has 1 aromatic carbocycles. The first-order chi connectivity index (χ1) is 12.0. The number of aliphatic imine (C=N–C) groups is 1. The smallest absolute Gasteiger partial charge is 0.266 e. The average molecular weight is 355 g/mol. The van der Waals surface area contributed by atoms with Crippen molar-refractivity contribution in [1.82, 2.24) is 9.88 Å². The van der Waals surface area contributed by atoms with E-state index in [0.29, 0.717) is 21.6 Å². The number of amides is 1. The van der Waals surface area contributed by atoms with Crippen molar-refractivity contribution < 1.29 is 14.6 Å². The van der Waals surface area contributed by atoms with Crippen LogP contribution in [-0.4, -0.2) is 40.2 Å². The zero-order chi connectivity index (χ0) is 18.0. The highest BCUT2D eigenvalue weighted by atomic mass is 32.2. The first-order valence-electron chi connectivity index (χ1n) is 7.55. The molecule has 0 radical (unpaired) electrons. The van der Waals surface area contributed by atoms with Crippen LogP contribution in [0, 0.1) is 6.92 Å². The number of carbonyl (C=O) groups is 1. The Morgan fingerprint density at radius 3 is 2.84 bits per heavy atom. The van der Waals surface area contributed by atoms with Crippen LogP contribution < -0.4 is 4.74 Å². The number of aromatic hydroxyl groups is 1. The van der Waals surface area contributed by atoms with Crippen molar-refractivity contribution in [1.29, 1.82) is 0 Å². The Bertz CT molecular complexity index is 893. The topological polar surface area (TPSA) is 75.0 Å². The normalized spacial score (nSPS) is 17.6. The molecule has 1 aliphatic rings. The minimum Gasteiger partial charge on any atom is -0.504 e. The maximum absolute atomic E-state index is 12.5. The van der Waals surface area contributed by atoms with E-state index in [1.54, 1.807) is 31.3 Å². The zero-order valence-corrected chi connectivity index (χ0v) is 14.9. The number of aryl methyl sites for hydroxylation is 1. The average Bonchev–Trinajstić information content (AvgIpc) is 2.84. The van der Waals surface area contributed by atoms with Crippen molar-refractivity contribution in [3.05, 3.63) is 52.6 Å². The largest absolute Gasteiger partial charge is 0.504 e. The summed E-state index contributed by atoms with van der Waals surface area (Å²) in [6, 6.07) is 10.5. The Balaban J connectivity index is 1.91. The van der Waals surface area contributed by atoms with Gasteiger partial charge in [0.25, 0.3) is 5.91 Å². The predicted molar refractivity (Wildman–Crippen MR) is 99.1 cm³/mol. The summed E-state index contributed by atoms with van der Waals surface area (Å²) in [6.07, 6.45) is 1.75. The molecule has 2 aromatic rings. The lowest BCUT2D eigenvalue weighted by Crippen LogP contribution is -2.23. The van der Waals surface area contributed by atoms with E-state index in [1.165, 1.54) is 29.8 Å². The number of nitrogens with zero attached hydrogens (tertiary/aromatic N) is 3. The molecule has 7 heteroatoms. The minimum absolute atomic E-state index is 0.0555. The number of hydrogen-bond donors (Lipinski definition) is 1. The first kappa shape index (κ1) is 17.0. The predicted octanol–water partition coefficient (Wildman–Crippen LogP) is 3.34. The van der Waals surface area contributed by atoms with E-state index >= 15 is 0 Å². The molecule has 128 valence electrons. The van der Waals surface area contributed by atoms with Crippen LogP contribution in [0.25, 0.3) is 6.08 Å². The highest BCUT2D eigenvalue weighted by Gasteiger charge is 2.30. The third-order valence-corrected chi connectivity index (χ3v) is 4.65. The number of likely N-dealkylation sites (N-methyl/N-ethyl adjacent to an activating group) is 1. The minimum atomic E-state index is -0.136. The van der Waals surface area contributed by atoms with E-state index in [1.807, 2.05) is 19.1 Å². The highest BCUT2D eigenvalue weighted by Crippen LogP contribution is 2.34. The summed E-state index contributed by atoms with van der Waals surface area (Å²) >= 11 is 1.28.